The average molecular weight is 228 g/mol. The van der Waals surface area contributed by atoms with Crippen LogP contribution in [0.1, 0.15) is 27.7 Å². The molecule has 0 N–H and O–H groups in total. The molecule has 0 aromatic carbocycles. The van der Waals surface area contributed by atoms with Crippen LogP contribution in [0.3, 0.4) is 0 Å². The zero-order chi connectivity index (χ0) is 9.56. The van der Waals surface area contributed by atoms with E-state index in [2.05, 4.69) is 32.6 Å². The van der Waals surface area contributed by atoms with Gasteiger partial charge < -0.3 is 4.90 Å². The summed E-state index contributed by atoms with van der Waals surface area (Å²) in [6.07, 6.45) is 0. The molecular formula is C10H23Cl2N. The molecule has 0 spiro atoms. The Hall–Kier alpha value is 0.540. The van der Waals surface area contributed by atoms with E-state index in [0.29, 0.717) is 0 Å². The molecule has 82 valence electrons. The normalized spacial score (nSPS) is 11.1. The first kappa shape index (κ1) is 16.0. The maximum atomic E-state index is 5.72. The van der Waals surface area contributed by atoms with Gasteiger partial charge in [0.25, 0.3) is 0 Å². The predicted octanol–water partition coefficient (Wildman–Crippen LogP) is 3.26. The molecule has 0 aromatic rings. The van der Waals surface area contributed by atoms with E-state index in [-0.39, 0.29) is 12.4 Å². The van der Waals surface area contributed by atoms with Crippen molar-refractivity contribution in [3.63, 3.8) is 0 Å². The summed E-state index contributed by atoms with van der Waals surface area (Å²) >= 11 is 5.72. The molecule has 0 bridgehead atoms. The molecule has 0 radical (unpaired) electrons. The molecule has 0 unspecified atom stereocenters. The Morgan fingerprint density at radius 3 is 1.62 bits per heavy atom. The molecule has 0 aliphatic rings. The van der Waals surface area contributed by atoms with Gasteiger partial charge in [-0.2, -0.15) is 0 Å². The monoisotopic (exact) mass is 227 g/mol. The van der Waals surface area contributed by atoms with Gasteiger partial charge in [-0.3, -0.25) is 0 Å². The lowest BCUT2D eigenvalue weighted by Gasteiger charge is -2.24. The summed E-state index contributed by atoms with van der Waals surface area (Å²) in [7, 11) is 0. The molecule has 0 fully saturated rings. The first-order valence-electron chi connectivity index (χ1n) is 4.84. The molecule has 0 amide bonds. The van der Waals surface area contributed by atoms with E-state index in [0.717, 1.165) is 24.3 Å². The van der Waals surface area contributed by atoms with Crippen LogP contribution in [0.4, 0.5) is 0 Å². The Morgan fingerprint density at radius 1 is 1.00 bits per heavy atom. The second-order valence-corrected chi connectivity index (χ2v) is 4.61. The van der Waals surface area contributed by atoms with Crippen LogP contribution in [0.5, 0.6) is 0 Å². The molecular weight excluding hydrogens is 205 g/mol. The van der Waals surface area contributed by atoms with Crippen LogP contribution < -0.4 is 0 Å². The molecule has 13 heavy (non-hydrogen) atoms. The fourth-order valence-corrected chi connectivity index (χ4v) is 1.65. The first-order chi connectivity index (χ1) is 5.56. The van der Waals surface area contributed by atoms with Crippen molar-refractivity contribution in [2.45, 2.75) is 27.7 Å². The Bertz CT molecular complexity index is 95.1. The number of hydrogen-bond donors (Lipinski definition) is 0. The van der Waals surface area contributed by atoms with E-state index < -0.39 is 0 Å². The van der Waals surface area contributed by atoms with Crippen molar-refractivity contribution in [2.75, 3.05) is 25.5 Å². The van der Waals surface area contributed by atoms with Crippen LogP contribution >= 0.6 is 24.0 Å². The number of hydrogen-bond acceptors (Lipinski definition) is 1. The van der Waals surface area contributed by atoms with E-state index in [1.54, 1.807) is 0 Å². The first-order valence-corrected chi connectivity index (χ1v) is 5.38. The SMILES string of the molecule is CC(C)CN(CCCl)CC(C)C.Cl. The average Bonchev–Trinajstić information content (AvgIpc) is 1.84. The van der Waals surface area contributed by atoms with E-state index in [9.17, 15) is 0 Å². The van der Waals surface area contributed by atoms with E-state index >= 15 is 0 Å². The quantitative estimate of drug-likeness (QED) is 0.631. The van der Waals surface area contributed by atoms with Gasteiger partial charge in [0.05, 0.1) is 0 Å². The summed E-state index contributed by atoms with van der Waals surface area (Å²) < 4.78 is 0. The van der Waals surface area contributed by atoms with Crippen LogP contribution in [0.2, 0.25) is 0 Å². The molecule has 0 rings (SSSR count). The fourth-order valence-electron chi connectivity index (χ4n) is 1.41. The highest BCUT2D eigenvalue weighted by molar-refractivity contribution is 6.18. The zero-order valence-corrected chi connectivity index (χ0v) is 10.8. The van der Waals surface area contributed by atoms with Gasteiger partial charge in [-0.25, -0.2) is 0 Å². The van der Waals surface area contributed by atoms with E-state index in [4.69, 9.17) is 11.6 Å². The molecule has 0 saturated heterocycles. The molecule has 0 saturated carbocycles. The lowest BCUT2D eigenvalue weighted by atomic mass is 10.1. The third kappa shape index (κ3) is 10.5. The highest BCUT2D eigenvalue weighted by Gasteiger charge is 2.07. The summed E-state index contributed by atoms with van der Waals surface area (Å²) in [5, 5.41) is 0. The molecule has 0 heterocycles. The van der Waals surface area contributed by atoms with E-state index in [1.165, 1.54) is 13.1 Å². The van der Waals surface area contributed by atoms with Crippen molar-refractivity contribution in [3.05, 3.63) is 0 Å². The summed E-state index contributed by atoms with van der Waals surface area (Å²) in [5.74, 6) is 2.23. The van der Waals surface area contributed by atoms with Gasteiger partial charge in [0.2, 0.25) is 0 Å². The maximum absolute atomic E-state index is 5.72. The summed E-state index contributed by atoms with van der Waals surface area (Å²) in [6, 6.07) is 0. The van der Waals surface area contributed by atoms with Crippen molar-refractivity contribution in [3.8, 4) is 0 Å². The van der Waals surface area contributed by atoms with Crippen molar-refractivity contribution in [2.24, 2.45) is 11.8 Å². The second kappa shape index (κ2) is 9.11. The van der Waals surface area contributed by atoms with Crippen LogP contribution in [0.15, 0.2) is 0 Å². The number of nitrogens with zero attached hydrogens (tertiary/aromatic N) is 1. The second-order valence-electron chi connectivity index (χ2n) is 4.24. The molecule has 0 aromatic heterocycles. The molecule has 0 aliphatic heterocycles. The lowest BCUT2D eigenvalue weighted by Crippen LogP contribution is -2.32. The molecule has 3 heteroatoms. The van der Waals surface area contributed by atoms with Gasteiger partial charge in [0, 0.05) is 25.5 Å². The van der Waals surface area contributed by atoms with Gasteiger partial charge in [0.15, 0.2) is 0 Å². The minimum atomic E-state index is 0. The van der Waals surface area contributed by atoms with Crippen molar-refractivity contribution in [1.82, 2.24) is 4.90 Å². The van der Waals surface area contributed by atoms with Gasteiger partial charge in [0.1, 0.15) is 0 Å². The third-order valence-corrected chi connectivity index (χ3v) is 1.82. The Kier molecular flexibility index (Phi) is 11.2. The number of halogens is 2. The summed E-state index contributed by atoms with van der Waals surface area (Å²) in [5.41, 5.74) is 0. The maximum Gasteiger partial charge on any atom is 0.0351 e. The molecule has 0 atom stereocenters. The van der Waals surface area contributed by atoms with Crippen LogP contribution in [0, 0.1) is 11.8 Å². The zero-order valence-electron chi connectivity index (χ0n) is 9.22. The van der Waals surface area contributed by atoms with Gasteiger partial charge in [-0.15, -0.1) is 24.0 Å². The Morgan fingerprint density at radius 2 is 1.38 bits per heavy atom. The lowest BCUT2D eigenvalue weighted by molar-refractivity contribution is 0.231. The smallest absolute Gasteiger partial charge is 0.0351 e. The topological polar surface area (TPSA) is 3.24 Å². The third-order valence-electron chi connectivity index (χ3n) is 1.65. The van der Waals surface area contributed by atoms with Crippen molar-refractivity contribution in [1.29, 1.82) is 0 Å². The predicted molar refractivity (Wildman–Crippen MR) is 64.1 cm³/mol. The minimum Gasteiger partial charge on any atom is -0.302 e. The van der Waals surface area contributed by atoms with Crippen LogP contribution in [-0.2, 0) is 0 Å². The Labute approximate surface area is 94.2 Å². The van der Waals surface area contributed by atoms with E-state index in [1.807, 2.05) is 0 Å². The summed E-state index contributed by atoms with van der Waals surface area (Å²) in [6.45, 7) is 12.4. The fraction of sp³-hybridized carbons (Fsp3) is 1.00. The van der Waals surface area contributed by atoms with Crippen molar-refractivity contribution < 1.29 is 0 Å². The highest BCUT2D eigenvalue weighted by atomic mass is 35.5. The number of rotatable bonds is 6. The van der Waals surface area contributed by atoms with Crippen LogP contribution in [0.25, 0.3) is 0 Å². The summed E-state index contributed by atoms with van der Waals surface area (Å²) in [4.78, 5) is 2.45. The molecule has 0 aliphatic carbocycles. The number of alkyl halides is 1. The minimum absolute atomic E-state index is 0. The highest BCUT2D eigenvalue weighted by Crippen LogP contribution is 2.03. The van der Waals surface area contributed by atoms with Crippen molar-refractivity contribution >= 4 is 24.0 Å². The molecule has 1 nitrogen and oxygen atoms in total. The largest absolute Gasteiger partial charge is 0.302 e. The standard InChI is InChI=1S/C10H22ClN.ClH/c1-9(2)7-12(6-5-11)8-10(3)4;/h9-10H,5-8H2,1-4H3;1H. The van der Waals surface area contributed by atoms with Gasteiger partial charge in [-0.05, 0) is 11.8 Å². The van der Waals surface area contributed by atoms with Gasteiger partial charge >= 0.3 is 0 Å². The van der Waals surface area contributed by atoms with Gasteiger partial charge in [-0.1, -0.05) is 27.7 Å². The van der Waals surface area contributed by atoms with Crippen LogP contribution in [-0.4, -0.2) is 30.4 Å². The Balaban J connectivity index is 0.